The summed E-state index contributed by atoms with van der Waals surface area (Å²) in [6.45, 7) is 4.42. The van der Waals surface area contributed by atoms with Gasteiger partial charge in [-0.1, -0.05) is 44.2 Å². The molecule has 4 amide bonds. The minimum absolute atomic E-state index is 0.0280. The number of ketones is 2. The van der Waals surface area contributed by atoms with Gasteiger partial charge in [-0.05, 0) is 12.5 Å². The third-order valence-electron chi connectivity index (χ3n) is 4.95. The molecule has 11 nitrogen and oxygen atoms in total. The molecule has 0 saturated carbocycles. The maximum absolute atomic E-state index is 12.5. The average molecular weight is 505 g/mol. The lowest BCUT2D eigenvalue weighted by molar-refractivity contribution is -0.130. The van der Waals surface area contributed by atoms with E-state index in [1.54, 1.807) is 38.1 Å². The van der Waals surface area contributed by atoms with Crippen molar-refractivity contribution in [1.29, 1.82) is 0 Å². The van der Waals surface area contributed by atoms with E-state index in [9.17, 15) is 28.8 Å². The molecule has 0 saturated heterocycles. The molecule has 198 valence electrons. The molecule has 11 heteroatoms. The molecule has 0 aliphatic carbocycles. The highest BCUT2D eigenvalue weighted by Gasteiger charge is 2.21. The number of Topliss-reactive ketones (excluding diaryl/α,β-unsaturated/α-hetero) is 2. The molecule has 0 radical (unpaired) electrons. The summed E-state index contributed by atoms with van der Waals surface area (Å²) in [5, 5.41) is 9.83. The van der Waals surface area contributed by atoms with Gasteiger partial charge in [0.25, 0.3) is 0 Å². The Labute approximate surface area is 211 Å². The Balaban J connectivity index is 2.37. The van der Waals surface area contributed by atoms with E-state index >= 15 is 0 Å². The predicted molar refractivity (Wildman–Crippen MR) is 132 cm³/mol. The van der Waals surface area contributed by atoms with Crippen LogP contribution in [-0.2, 0) is 39.9 Å². The van der Waals surface area contributed by atoms with Crippen molar-refractivity contribution in [1.82, 2.24) is 21.3 Å². The lowest BCUT2D eigenvalue weighted by Crippen LogP contribution is -2.51. The van der Waals surface area contributed by atoms with Crippen LogP contribution in [0.25, 0.3) is 0 Å². The maximum Gasteiger partial charge on any atom is 0.243 e. The first-order valence-corrected chi connectivity index (χ1v) is 11.8. The fraction of sp³-hybridized carbons (Fsp3) is 0.520. The van der Waals surface area contributed by atoms with Crippen LogP contribution in [0.2, 0.25) is 0 Å². The van der Waals surface area contributed by atoms with Crippen molar-refractivity contribution in [2.75, 3.05) is 32.8 Å². The summed E-state index contributed by atoms with van der Waals surface area (Å²) in [7, 11) is 0. The molecule has 1 unspecified atom stereocenters. The second-order valence-corrected chi connectivity index (χ2v) is 8.52. The minimum Gasteiger partial charge on any atom is -0.380 e. The van der Waals surface area contributed by atoms with Crippen molar-refractivity contribution in [3.05, 3.63) is 35.9 Å². The van der Waals surface area contributed by atoms with Crippen LogP contribution in [0.4, 0.5) is 0 Å². The number of benzene rings is 1. The quantitative estimate of drug-likeness (QED) is 0.211. The standard InChI is InChI=1S/C25H36N4O7/c1-17(2)21(31)9-11-36-12-10-22(32)26-15-23(33)27-16-24(34)29-20(25(35)28-14-18(3)30)13-19-7-5-4-6-8-19/h4-8,17,20H,9-16H2,1-3H3,(H,26,32)(H,27,33)(H,28,35)(H,29,34). The van der Waals surface area contributed by atoms with E-state index in [-0.39, 0.29) is 63.1 Å². The summed E-state index contributed by atoms with van der Waals surface area (Å²) in [5.74, 6) is -2.30. The summed E-state index contributed by atoms with van der Waals surface area (Å²) < 4.78 is 5.25. The number of amides is 4. The van der Waals surface area contributed by atoms with Gasteiger partial charge in [-0.25, -0.2) is 0 Å². The SMILES string of the molecule is CC(=O)CNC(=O)C(Cc1ccccc1)NC(=O)CNC(=O)CNC(=O)CCOCCC(=O)C(C)C. The minimum atomic E-state index is -0.938. The molecule has 36 heavy (non-hydrogen) atoms. The largest absolute Gasteiger partial charge is 0.380 e. The van der Waals surface area contributed by atoms with E-state index in [0.717, 1.165) is 5.56 Å². The Morgan fingerprint density at radius 3 is 2.03 bits per heavy atom. The van der Waals surface area contributed by atoms with Crippen LogP contribution in [0, 0.1) is 5.92 Å². The Kier molecular flexibility index (Phi) is 14.3. The second-order valence-electron chi connectivity index (χ2n) is 8.52. The van der Waals surface area contributed by atoms with E-state index in [1.807, 2.05) is 6.07 Å². The predicted octanol–water partition coefficient (Wildman–Crippen LogP) is -0.327. The Bertz CT molecular complexity index is 903. The molecule has 0 bridgehead atoms. The molecule has 0 fully saturated rings. The molecule has 4 N–H and O–H groups in total. The average Bonchev–Trinajstić information content (AvgIpc) is 2.84. The topological polar surface area (TPSA) is 160 Å². The Morgan fingerprint density at radius 1 is 0.778 bits per heavy atom. The fourth-order valence-electron chi connectivity index (χ4n) is 2.88. The van der Waals surface area contributed by atoms with Gasteiger partial charge in [-0.15, -0.1) is 0 Å². The zero-order chi connectivity index (χ0) is 26.9. The first-order chi connectivity index (χ1) is 17.1. The van der Waals surface area contributed by atoms with Gasteiger partial charge in [0.2, 0.25) is 23.6 Å². The third-order valence-corrected chi connectivity index (χ3v) is 4.95. The molecule has 1 atom stereocenters. The summed E-state index contributed by atoms with van der Waals surface area (Å²) >= 11 is 0. The van der Waals surface area contributed by atoms with E-state index in [4.69, 9.17) is 4.74 Å². The van der Waals surface area contributed by atoms with E-state index in [2.05, 4.69) is 21.3 Å². The van der Waals surface area contributed by atoms with Crippen LogP contribution >= 0.6 is 0 Å². The van der Waals surface area contributed by atoms with Gasteiger partial charge >= 0.3 is 0 Å². The van der Waals surface area contributed by atoms with Gasteiger partial charge in [-0.2, -0.15) is 0 Å². The van der Waals surface area contributed by atoms with Gasteiger partial charge in [0, 0.05) is 25.2 Å². The third kappa shape index (κ3) is 14.0. The fourth-order valence-corrected chi connectivity index (χ4v) is 2.88. The summed E-state index contributed by atoms with van der Waals surface area (Å²) in [6, 6.07) is 8.10. The molecule has 0 heterocycles. The highest BCUT2D eigenvalue weighted by Crippen LogP contribution is 2.04. The normalized spacial score (nSPS) is 11.3. The van der Waals surface area contributed by atoms with Crippen LogP contribution in [0.1, 0.15) is 39.2 Å². The lowest BCUT2D eigenvalue weighted by Gasteiger charge is -2.18. The summed E-state index contributed by atoms with van der Waals surface area (Å²) in [5.41, 5.74) is 0.808. The highest BCUT2D eigenvalue weighted by atomic mass is 16.5. The Hall–Kier alpha value is -3.60. The number of ether oxygens (including phenoxy) is 1. The first-order valence-electron chi connectivity index (χ1n) is 11.8. The van der Waals surface area contributed by atoms with Crippen molar-refractivity contribution in [2.24, 2.45) is 5.92 Å². The molecule has 1 aromatic rings. The van der Waals surface area contributed by atoms with Gasteiger partial charge in [0.05, 0.1) is 32.8 Å². The van der Waals surface area contributed by atoms with Gasteiger partial charge in [0.1, 0.15) is 17.6 Å². The number of rotatable bonds is 17. The molecule has 0 aliphatic heterocycles. The number of hydrogen-bond donors (Lipinski definition) is 4. The molecule has 0 aromatic heterocycles. The zero-order valence-corrected chi connectivity index (χ0v) is 21.1. The van der Waals surface area contributed by atoms with Crippen molar-refractivity contribution in [2.45, 2.75) is 46.1 Å². The second kappa shape index (κ2) is 16.9. The van der Waals surface area contributed by atoms with Gasteiger partial charge in [-0.3, -0.25) is 28.8 Å². The van der Waals surface area contributed by atoms with Gasteiger partial charge < -0.3 is 26.0 Å². The molecule has 0 spiro atoms. The van der Waals surface area contributed by atoms with Crippen LogP contribution in [0.3, 0.4) is 0 Å². The highest BCUT2D eigenvalue weighted by molar-refractivity contribution is 5.92. The molecule has 1 aromatic carbocycles. The molecular formula is C25H36N4O7. The number of hydrogen-bond acceptors (Lipinski definition) is 7. The van der Waals surface area contributed by atoms with Crippen LogP contribution in [0.5, 0.6) is 0 Å². The van der Waals surface area contributed by atoms with Crippen molar-refractivity contribution in [3.8, 4) is 0 Å². The van der Waals surface area contributed by atoms with Crippen LogP contribution in [-0.4, -0.2) is 74.1 Å². The van der Waals surface area contributed by atoms with Crippen LogP contribution < -0.4 is 21.3 Å². The number of carbonyl (C=O) groups is 6. The first kappa shape index (κ1) is 30.4. The van der Waals surface area contributed by atoms with Crippen molar-refractivity contribution >= 4 is 35.2 Å². The molecule has 0 aliphatic rings. The van der Waals surface area contributed by atoms with E-state index in [1.165, 1.54) is 6.92 Å². The summed E-state index contributed by atoms with van der Waals surface area (Å²) in [6.07, 6.45) is 0.516. The Morgan fingerprint density at radius 2 is 1.39 bits per heavy atom. The van der Waals surface area contributed by atoms with Crippen LogP contribution in [0.15, 0.2) is 30.3 Å². The van der Waals surface area contributed by atoms with Gasteiger partial charge in [0.15, 0.2) is 0 Å². The van der Waals surface area contributed by atoms with E-state index < -0.39 is 36.2 Å². The number of nitrogens with one attached hydrogen (secondary N) is 4. The van der Waals surface area contributed by atoms with E-state index in [0.29, 0.717) is 0 Å². The lowest BCUT2D eigenvalue weighted by atomic mass is 10.1. The smallest absolute Gasteiger partial charge is 0.243 e. The monoisotopic (exact) mass is 504 g/mol. The maximum atomic E-state index is 12.5. The van der Waals surface area contributed by atoms with Crippen molar-refractivity contribution in [3.63, 3.8) is 0 Å². The summed E-state index contributed by atoms with van der Waals surface area (Å²) in [4.78, 5) is 71.2. The number of carbonyl (C=O) groups excluding carboxylic acids is 6. The molecule has 1 rings (SSSR count). The zero-order valence-electron chi connectivity index (χ0n) is 21.1. The molecular weight excluding hydrogens is 468 g/mol. The van der Waals surface area contributed by atoms with Crippen molar-refractivity contribution < 1.29 is 33.5 Å².